The van der Waals surface area contributed by atoms with Crippen LogP contribution in [0.15, 0.2) is 54.7 Å². The molecule has 0 spiro atoms. The highest BCUT2D eigenvalue weighted by Crippen LogP contribution is 2.42. The molecule has 0 radical (unpaired) electrons. The molecule has 4 rings (SSSR count). The second kappa shape index (κ2) is 8.99. The molecule has 1 aliphatic rings. The number of nitro groups is 1. The number of hydrogen-bond acceptors (Lipinski definition) is 5. The minimum Gasteiger partial charge on any atom is -0.493 e. The van der Waals surface area contributed by atoms with Crippen LogP contribution in [0.2, 0.25) is 5.02 Å². The highest BCUT2D eigenvalue weighted by molar-refractivity contribution is 6.31. The number of halogens is 1. The Hall–Kier alpha value is -3.03. The first-order valence-corrected chi connectivity index (χ1v) is 10.4. The Morgan fingerprint density at radius 2 is 1.97 bits per heavy atom. The van der Waals surface area contributed by atoms with E-state index in [4.69, 9.17) is 21.1 Å². The Labute approximate surface area is 185 Å². The lowest BCUT2D eigenvalue weighted by molar-refractivity contribution is -0.384. The maximum absolute atomic E-state index is 11.3. The maximum atomic E-state index is 11.3. The summed E-state index contributed by atoms with van der Waals surface area (Å²) >= 11 is 6.44. The van der Waals surface area contributed by atoms with E-state index < -0.39 is 4.92 Å². The molecule has 162 valence electrons. The van der Waals surface area contributed by atoms with E-state index in [0.717, 1.165) is 36.3 Å². The van der Waals surface area contributed by atoms with E-state index in [1.165, 1.54) is 6.07 Å². The van der Waals surface area contributed by atoms with Gasteiger partial charge in [0.1, 0.15) is 0 Å². The smallest absolute Gasteiger partial charge is 0.269 e. The largest absolute Gasteiger partial charge is 0.493 e. The molecular weight excluding hydrogens is 418 g/mol. The Morgan fingerprint density at radius 3 is 2.71 bits per heavy atom. The summed E-state index contributed by atoms with van der Waals surface area (Å²) < 4.78 is 13.5. The summed E-state index contributed by atoms with van der Waals surface area (Å²) in [5.41, 5.74) is 2.87. The first-order valence-electron chi connectivity index (χ1n) is 10.1. The molecular formula is C23H24ClN3O4. The second-order valence-corrected chi connectivity index (χ2v) is 7.88. The average molecular weight is 442 g/mol. The third-order valence-electron chi connectivity index (χ3n) is 5.70. The number of aryl methyl sites for hydroxylation is 1. The summed E-state index contributed by atoms with van der Waals surface area (Å²) in [5, 5.41) is 11.8. The molecule has 0 fully saturated rings. The van der Waals surface area contributed by atoms with E-state index in [1.807, 2.05) is 24.3 Å². The molecule has 3 aromatic rings. The minimum atomic E-state index is -0.393. The number of para-hydroxylation sites is 1. The first kappa shape index (κ1) is 21.2. The number of benzene rings is 2. The SMILES string of the molecule is COc1cccc([C@@H]2c3cccn3CCCN2Cc2cc([N+](=O)[O-])ccc2Cl)c1OC. The van der Waals surface area contributed by atoms with Crippen molar-refractivity contribution < 1.29 is 14.4 Å². The van der Waals surface area contributed by atoms with E-state index in [2.05, 4.69) is 21.7 Å². The van der Waals surface area contributed by atoms with Crippen molar-refractivity contribution in [1.29, 1.82) is 0 Å². The number of hydrogen-bond donors (Lipinski definition) is 0. The van der Waals surface area contributed by atoms with Crippen LogP contribution in [0.1, 0.15) is 29.3 Å². The molecule has 1 aromatic heterocycles. The van der Waals surface area contributed by atoms with E-state index in [1.54, 1.807) is 26.4 Å². The fraction of sp³-hybridized carbons (Fsp3) is 0.304. The third kappa shape index (κ3) is 4.11. The van der Waals surface area contributed by atoms with Crippen LogP contribution in [0.4, 0.5) is 5.69 Å². The summed E-state index contributed by atoms with van der Waals surface area (Å²) in [7, 11) is 3.26. The van der Waals surface area contributed by atoms with Crippen LogP contribution in [0, 0.1) is 10.1 Å². The molecule has 0 saturated carbocycles. The molecule has 1 aliphatic heterocycles. The lowest BCUT2D eigenvalue weighted by Gasteiger charge is -2.32. The van der Waals surface area contributed by atoms with Gasteiger partial charge in [-0.15, -0.1) is 0 Å². The maximum Gasteiger partial charge on any atom is 0.269 e. The monoisotopic (exact) mass is 441 g/mol. The number of non-ortho nitro benzene ring substituents is 1. The van der Waals surface area contributed by atoms with Gasteiger partial charge in [0.15, 0.2) is 11.5 Å². The molecule has 0 N–H and O–H groups in total. The van der Waals surface area contributed by atoms with Gasteiger partial charge >= 0.3 is 0 Å². The molecule has 0 saturated heterocycles. The first-order chi connectivity index (χ1) is 15.0. The van der Waals surface area contributed by atoms with Gasteiger partial charge in [-0.05, 0) is 36.2 Å². The molecule has 1 atom stereocenters. The standard InChI is InChI=1S/C23H24ClN3O4/c1-30-21-8-3-6-18(23(21)31-2)22-20-7-4-11-25(20)12-5-13-26(22)15-16-14-17(27(28)29)9-10-19(16)24/h3-4,6-11,14,22H,5,12-13,15H2,1-2H3/t22-/m1/s1. The van der Waals surface area contributed by atoms with Crippen molar-refractivity contribution >= 4 is 17.3 Å². The fourth-order valence-electron chi connectivity index (χ4n) is 4.31. The van der Waals surface area contributed by atoms with E-state index in [9.17, 15) is 10.1 Å². The number of nitro benzene ring substituents is 1. The number of rotatable bonds is 6. The zero-order valence-electron chi connectivity index (χ0n) is 17.5. The quantitative estimate of drug-likeness (QED) is 0.395. The fourth-order valence-corrected chi connectivity index (χ4v) is 4.49. The van der Waals surface area contributed by atoms with Crippen molar-refractivity contribution in [2.75, 3.05) is 20.8 Å². The summed E-state index contributed by atoms with van der Waals surface area (Å²) in [6, 6.07) is 14.5. The van der Waals surface area contributed by atoms with Crippen LogP contribution in [0.3, 0.4) is 0 Å². The normalized spacial score (nSPS) is 16.4. The van der Waals surface area contributed by atoms with Crippen LogP contribution in [0.25, 0.3) is 0 Å². The highest BCUT2D eigenvalue weighted by Gasteiger charge is 2.31. The molecule has 0 unspecified atom stereocenters. The minimum absolute atomic E-state index is 0.0353. The average Bonchev–Trinajstić information content (AvgIpc) is 3.16. The van der Waals surface area contributed by atoms with Crippen LogP contribution >= 0.6 is 11.6 Å². The topological polar surface area (TPSA) is 69.8 Å². The van der Waals surface area contributed by atoms with E-state index in [-0.39, 0.29) is 11.7 Å². The van der Waals surface area contributed by atoms with E-state index in [0.29, 0.717) is 23.1 Å². The van der Waals surface area contributed by atoms with E-state index >= 15 is 0 Å². The van der Waals surface area contributed by atoms with Crippen LogP contribution in [-0.4, -0.2) is 35.2 Å². The van der Waals surface area contributed by atoms with Crippen LogP contribution in [0.5, 0.6) is 11.5 Å². The predicted molar refractivity (Wildman–Crippen MR) is 119 cm³/mol. The predicted octanol–water partition coefficient (Wildman–Crippen LogP) is 5.06. The molecule has 0 amide bonds. The zero-order chi connectivity index (χ0) is 22.0. The number of fused-ring (bicyclic) bond motifs is 1. The Balaban J connectivity index is 1.82. The lowest BCUT2D eigenvalue weighted by Crippen LogP contribution is -2.30. The van der Waals surface area contributed by atoms with Crippen molar-refractivity contribution in [3.8, 4) is 11.5 Å². The highest BCUT2D eigenvalue weighted by atomic mass is 35.5. The molecule has 2 aromatic carbocycles. The van der Waals surface area contributed by atoms with Gasteiger partial charge < -0.3 is 14.0 Å². The second-order valence-electron chi connectivity index (χ2n) is 7.47. The molecule has 8 heteroatoms. The molecule has 31 heavy (non-hydrogen) atoms. The van der Waals surface area contributed by atoms with Gasteiger partial charge in [-0.2, -0.15) is 0 Å². The van der Waals surface area contributed by atoms with Crippen LogP contribution < -0.4 is 9.47 Å². The summed E-state index contributed by atoms with van der Waals surface area (Å²) in [6.45, 7) is 2.16. The van der Waals surface area contributed by atoms with Crippen molar-refractivity contribution in [2.45, 2.75) is 25.6 Å². The van der Waals surface area contributed by atoms with Crippen molar-refractivity contribution in [1.82, 2.24) is 9.47 Å². The Kier molecular flexibility index (Phi) is 6.15. The van der Waals surface area contributed by atoms with Gasteiger partial charge in [0.25, 0.3) is 5.69 Å². The third-order valence-corrected chi connectivity index (χ3v) is 6.06. The van der Waals surface area contributed by atoms with Gasteiger partial charge in [-0.25, -0.2) is 0 Å². The summed E-state index contributed by atoms with van der Waals surface area (Å²) in [5.74, 6) is 1.34. The molecule has 2 heterocycles. The van der Waals surface area contributed by atoms with Gasteiger partial charge in [0.2, 0.25) is 0 Å². The number of aromatic nitrogens is 1. The number of nitrogens with zero attached hydrogens (tertiary/aromatic N) is 3. The van der Waals surface area contributed by atoms with Gasteiger partial charge in [0, 0.05) is 54.2 Å². The molecule has 0 aliphatic carbocycles. The lowest BCUT2D eigenvalue weighted by atomic mass is 9.99. The number of ether oxygens (including phenoxy) is 2. The Bertz CT molecular complexity index is 1100. The van der Waals surface area contributed by atoms with Crippen molar-refractivity contribution in [2.24, 2.45) is 0 Å². The summed E-state index contributed by atoms with van der Waals surface area (Å²) in [6.07, 6.45) is 3.02. The number of methoxy groups -OCH3 is 2. The van der Waals surface area contributed by atoms with Crippen LogP contribution in [-0.2, 0) is 13.1 Å². The Morgan fingerprint density at radius 1 is 1.13 bits per heavy atom. The molecule has 7 nitrogen and oxygen atoms in total. The van der Waals surface area contributed by atoms with Gasteiger partial charge in [-0.1, -0.05) is 23.7 Å². The van der Waals surface area contributed by atoms with Crippen molar-refractivity contribution in [3.05, 3.63) is 86.7 Å². The van der Waals surface area contributed by atoms with Crippen molar-refractivity contribution in [3.63, 3.8) is 0 Å². The molecule has 0 bridgehead atoms. The zero-order valence-corrected chi connectivity index (χ0v) is 18.2. The van der Waals surface area contributed by atoms with Gasteiger partial charge in [-0.3, -0.25) is 15.0 Å². The summed E-state index contributed by atoms with van der Waals surface area (Å²) in [4.78, 5) is 13.2. The van der Waals surface area contributed by atoms with Gasteiger partial charge in [0.05, 0.1) is 25.2 Å².